The van der Waals surface area contributed by atoms with Gasteiger partial charge in [0.1, 0.15) is 11.6 Å². The van der Waals surface area contributed by atoms with Crippen LogP contribution in [-0.4, -0.2) is 45.1 Å². The van der Waals surface area contributed by atoms with E-state index in [1.54, 1.807) is 6.07 Å². The van der Waals surface area contributed by atoms with E-state index in [-0.39, 0.29) is 29.3 Å². The van der Waals surface area contributed by atoms with Gasteiger partial charge in [-0.15, -0.1) is 0 Å². The van der Waals surface area contributed by atoms with Gasteiger partial charge in [-0.1, -0.05) is 0 Å². The van der Waals surface area contributed by atoms with Crippen LogP contribution in [0.5, 0.6) is 5.75 Å². The molecule has 0 radical (unpaired) electrons. The summed E-state index contributed by atoms with van der Waals surface area (Å²) in [6.45, 7) is 1.05. The molecule has 4 rings (SSSR count). The third kappa shape index (κ3) is 4.28. The summed E-state index contributed by atoms with van der Waals surface area (Å²) in [5.74, 6) is 1.65. The number of hydrogen-bond acceptors (Lipinski definition) is 4. The third-order valence-corrected chi connectivity index (χ3v) is 6.91. The summed E-state index contributed by atoms with van der Waals surface area (Å²) in [7, 11) is -2.89. The normalized spacial score (nSPS) is 27.5. The van der Waals surface area contributed by atoms with Crippen molar-refractivity contribution in [2.45, 2.75) is 37.8 Å². The highest BCUT2D eigenvalue weighted by Gasteiger charge is 2.29. The van der Waals surface area contributed by atoms with Crippen LogP contribution in [0.3, 0.4) is 0 Å². The average molecular weight is 381 g/mol. The van der Waals surface area contributed by atoms with Crippen molar-refractivity contribution in [1.82, 2.24) is 10.6 Å². The summed E-state index contributed by atoms with van der Waals surface area (Å²) in [6, 6.07) is 4.91. The van der Waals surface area contributed by atoms with Crippen molar-refractivity contribution in [1.29, 1.82) is 0 Å². The van der Waals surface area contributed by atoms with Gasteiger partial charge in [0, 0.05) is 24.6 Å². The molecule has 1 aliphatic carbocycles. The number of benzene rings is 1. The molecule has 26 heavy (non-hydrogen) atoms. The fourth-order valence-electron chi connectivity index (χ4n) is 3.47. The highest BCUT2D eigenvalue weighted by molar-refractivity contribution is 7.91. The number of nitrogens with zero attached hydrogens (tertiary/aromatic N) is 1. The van der Waals surface area contributed by atoms with Crippen LogP contribution in [0.25, 0.3) is 0 Å². The van der Waals surface area contributed by atoms with E-state index in [9.17, 15) is 12.8 Å². The quantitative estimate of drug-likeness (QED) is 0.614. The monoisotopic (exact) mass is 381 g/mol. The van der Waals surface area contributed by atoms with Gasteiger partial charge in [0.2, 0.25) is 0 Å². The minimum atomic E-state index is -2.89. The molecule has 1 aromatic carbocycles. The molecule has 0 amide bonds. The van der Waals surface area contributed by atoms with Crippen LogP contribution in [-0.2, 0) is 9.84 Å². The summed E-state index contributed by atoms with van der Waals surface area (Å²) >= 11 is 0. The van der Waals surface area contributed by atoms with Crippen molar-refractivity contribution >= 4 is 15.8 Å². The average Bonchev–Trinajstić information content (AvgIpc) is 3.35. The molecular weight excluding hydrogens is 357 g/mol. The van der Waals surface area contributed by atoms with Crippen molar-refractivity contribution in [3.8, 4) is 5.75 Å². The Balaban J connectivity index is 1.47. The van der Waals surface area contributed by atoms with E-state index >= 15 is 0 Å². The summed E-state index contributed by atoms with van der Waals surface area (Å²) in [5, 5.41) is 6.78. The highest BCUT2D eigenvalue weighted by Crippen LogP contribution is 2.32. The first-order valence-electron chi connectivity index (χ1n) is 9.19. The number of nitrogens with one attached hydrogen (secondary N) is 2. The van der Waals surface area contributed by atoms with Gasteiger partial charge in [-0.3, -0.25) is 4.99 Å². The smallest absolute Gasteiger partial charge is 0.191 e. The maximum atomic E-state index is 13.7. The van der Waals surface area contributed by atoms with Crippen LogP contribution in [0.1, 0.15) is 37.3 Å². The lowest BCUT2D eigenvalue weighted by Crippen LogP contribution is -2.42. The predicted molar refractivity (Wildman–Crippen MR) is 97.6 cm³/mol. The lowest BCUT2D eigenvalue weighted by Gasteiger charge is -2.28. The molecule has 1 saturated carbocycles. The number of hydrogen-bond donors (Lipinski definition) is 2. The van der Waals surface area contributed by atoms with E-state index in [0.29, 0.717) is 37.3 Å². The largest absolute Gasteiger partial charge is 0.493 e. The first-order valence-corrected chi connectivity index (χ1v) is 11.0. The molecular formula is C18H24FN3O3S. The van der Waals surface area contributed by atoms with Crippen LogP contribution < -0.4 is 15.4 Å². The standard InChI is InChI=1S/C18H24FN3O3S/c19-13-1-4-17-15(9-13)16(5-7-25-17)22-18(21-14-2-3-14)20-10-12-6-8-26(23,24)11-12/h1,4,9,12,14,16H,2-3,5-8,10-11H2,(H2,20,21,22). The lowest BCUT2D eigenvalue weighted by molar-refractivity contribution is 0.260. The SMILES string of the molecule is O=S1(=O)CCC(CN=C(NC2CC2)NC2CCOc3ccc(F)cc32)C1. The zero-order valence-electron chi connectivity index (χ0n) is 14.6. The number of halogens is 1. The van der Waals surface area contributed by atoms with Crippen LogP contribution in [0, 0.1) is 11.7 Å². The van der Waals surface area contributed by atoms with E-state index in [0.717, 1.165) is 24.8 Å². The van der Waals surface area contributed by atoms with Crippen molar-refractivity contribution in [2.24, 2.45) is 10.9 Å². The fraction of sp³-hybridized carbons (Fsp3) is 0.611. The van der Waals surface area contributed by atoms with Crippen LogP contribution >= 0.6 is 0 Å². The second kappa shape index (κ2) is 7.06. The van der Waals surface area contributed by atoms with Gasteiger partial charge < -0.3 is 15.4 Å². The van der Waals surface area contributed by atoms with Crippen molar-refractivity contribution in [3.63, 3.8) is 0 Å². The van der Waals surface area contributed by atoms with Crippen LogP contribution in [0.2, 0.25) is 0 Å². The molecule has 2 heterocycles. The van der Waals surface area contributed by atoms with Gasteiger partial charge in [0.25, 0.3) is 0 Å². The van der Waals surface area contributed by atoms with Crippen molar-refractivity contribution in [3.05, 3.63) is 29.6 Å². The van der Waals surface area contributed by atoms with Gasteiger partial charge in [-0.25, -0.2) is 12.8 Å². The molecule has 2 fully saturated rings. The van der Waals surface area contributed by atoms with Gasteiger partial charge in [-0.2, -0.15) is 0 Å². The third-order valence-electron chi connectivity index (χ3n) is 5.07. The maximum Gasteiger partial charge on any atom is 0.191 e. The molecule has 1 saturated heterocycles. The molecule has 2 aliphatic heterocycles. The Morgan fingerprint density at radius 1 is 1.23 bits per heavy atom. The molecule has 142 valence electrons. The van der Waals surface area contributed by atoms with E-state index < -0.39 is 9.84 Å². The molecule has 0 bridgehead atoms. The molecule has 6 nitrogen and oxygen atoms in total. The number of ether oxygens (including phenoxy) is 1. The summed E-state index contributed by atoms with van der Waals surface area (Å²) in [6.07, 6.45) is 3.61. The highest BCUT2D eigenvalue weighted by atomic mass is 32.2. The zero-order valence-corrected chi connectivity index (χ0v) is 15.4. The Labute approximate surface area is 153 Å². The molecule has 0 aromatic heterocycles. The zero-order chi connectivity index (χ0) is 18.1. The van der Waals surface area contributed by atoms with Crippen molar-refractivity contribution < 1.29 is 17.5 Å². The topological polar surface area (TPSA) is 79.8 Å². The minimum Gasteiger partial charge on any atom is -0.493 e. The Morgan fingerprint density at radius 3 is 2.81 bits per heavy atom. The Bertz CT molecular complexity index is 808. The molecule has 1 aromatic rings. The van der Waals surface area contributed by atoms with E-state index in [4.69, 9.17) is 4.74 Å². The lowest BCUT2D eigenvalue weighted by atomic mass is 10.0. The van der Waals surface area contributed by atoms with Crippen LogP contribution in [0.4, 0.5) is 4.39 Å². The Morgan fingerprint density at radius 2 is 2.08 bits per heavy atom. The van der Waals surface area contributed by atoms with Crippen molar-refractivity contribution in [2.75, 3.05) is 24.7 Å². The number of sulfone groups is 1. The Kier molecular flexibility index (Phi) is 4.77. The number of rotatable bonds is 4. The summed E-state index contributed by atoms with van der Waals surface area (Å²) in [4.78, 5) is 4.64. The molecule has 2 unspecified atom stereocenters. The molecule has 2 N–H and O–H groups in total. The molecule has 0 spiro atoms. The van der Waals surface area contributed by atoms with Gasteiger partial charge in [0.05, 0.1) is 24.2 Å². The molecule has 2 atom stereocenters. The second-order valence-electron chi connectivity index (χ2n) is 7.39. The second-order valence-corrected chi connectivity index (χ2v) is 9.62. The number of guanidine groups is 1. The molecule has 3 aliphatic rings. The summed E-state index contributed by atoms with van der Waals surface area (Å²) < 4.78 is 42.5. The first kappa shape index (κ1) is 17.6. The minimum absolute atomic E-state index is 0.0771. The maximum absolute atomic E-state index is 13.7. The van der Waals surface area contributed by atoms with Gasteiger partial charge in [-0.05, 0) is 43.4 Å². The Hall–Kier alpha value is -1.83. The number of fused-ring (bicyclic) bond motifs is 1. The van der Waals surface area contributed by atoms with Gasteiger partial charge >= 0.3 is 0 Å². The van der Waals surface area contributed by atoms with E-state index in [2.05, 4.69) is 15.6 Å². The van der Waals surface area contributed by atoms with E-state index in [1.807, 2.05) is 0 Å². The fourth-order valence-corrected chi connectivity index (χ4v) is 5.32. The number of aliphatic imine (C=N–C) groups is 1. The molecule has 8 heteroatoms. The first-order chi connectivity index (χ1) is 12.5. The predicted octanol–water partition coefficient (Wildman–Crippen LogP) is 1.78. The summed E-state index contributed by atoms with van der Waals surface area (Å²) in [5.41, 5.74) is 0.796. The van der Waals surface area contributed by atoms with E-state index in [1.165, 1.54) is 12.1 Å². The van der Waals surface area contributed by atoms with Crippen LogP contribution in [0.15, 0.2) is 23.2 Å². The van der Waals surface area contributed by atoms with Gasteiger partial charge in [0.15, 0.2) is 15.8 Å².